The van der Waals surface area contributed by atoms with Crippen molar-refractivity contribution in [1.82, 2.24) is 9.29 Å². The average Bonchev–Trinajstić information content (AvgIpc) is 2.81. The Bertz CT molecular complexity index is 1280. The molecular weight excluding hydrogens is 571 g/mol. The van der Waals surface area contributed by atoms with Gasteiger partial charge in [0.1, 0.15) is 0 Å². The van der Waals surface area contributed by atoms with E-state index in [1.165, 1.54) is 11.8 Å². The van der Waals surface area contributed by atoms with E-state index in [2.05, 4.69) is 4.98 Å². The van der Waals surface area contributed by atoms with Gasteiger partial charge in [-0.2, -0.15) is 43.8 Å². The first-order valence-electron chi connectivity index (χ1n) is 11.1. The molecule has 0 radical (unpaired) electrons. The molecule has 0 saturated carbocycles. The number of piperazine rings is 1. The molecular formula is C22H23F9N4O3S. The van der Waals surface area contributed by atoms with Gasteiger partial charge >= 0.3 is 18.5 Å². The SMILES string of the molecule is C[C@@H]1CN(c2ccc(C(N)(C(F)(F)F)C(F)(F)F)nc2)CCN1S(=O)(=O)c1cccc(C(C)(O)C(F)(F)F)c1. The number of hydrogen-bond acceptors (Lipinski definition) is 6. The largest absolute Gasteiger partial charge is 0.421 e. The molecule has 218 valence electrons. The second kappa shape index (κ2) is 9.78. The third-order valence-electron chi connectivity index (χ3n) is 6.53. The molecule has 39 heavy (non-hydrogen) atoms. The van der Waals surface area contributed by atoms with Crippen LogP contribution in [-0.2, 0) is 21.2 Å². The molecule has 2 atom stereocenters. The van der Waals surface area contributed by atoms with Crippen molar-refractivity contribution in [3.63, 3.8) is 0 Å². The number of nitrogens with two attached hydrogens (primary N) is 1. The zero-order chi connectivity index (χ0) is 29.8. The Morgan fingerprint density at radius 3 is 2.00 bits per heavy atom. The van der Waals surface area contributed by atoms with Crippen LogP contribution in [0.5, 0.6) is 0 Å². The Hall–Kier alpha value is -2.63. The number of halogens is 9. The summed E-state index contributed by atoms with van der Waals surface area (Å²) in [6, 6.07) is 4.37. The first-order chi connectivity index (χ1) is 17.5. The van der Waals surface area contributed by atoms with Crippen LogP contribution in [0.15, 0.2) is 47.5 Å². The molecule has 0 spiro atoms. The van der Waals surface area contributed by atoms with Crippen molar-refractivity contribution in [3.8, 4) is 0 Å². The van der Waals surface area contributed by atoms with Crippen LogP contribution in [0.2, 0.25) is 0 Å². The van der Waals surface area contributed by atoms with Gasteiger partial charge in [-0.1, -0.05) is 12.1 Å². The Balaban J connectivity index is 1.83. The van der Waals surface area contributed by atoms with E-state index in [0.717, 1.165) is 34.8 Å². The highest BCUT2D eigenvalue weighted by Crippen LogP contribution is 2.47. The smallest absolute Gasteiger partial charge is 0.376 e. The number of aromatic nitrogens is 1. The third kappa shape index (κ3) is 5.40. The second-order valence-electron chi connectivity index (χ2n) is 9.21. The fraction of sp³-hybridized carbons (Fsp3) is 0.500. The van der Waals surface area contributed by atoms with Gasteiger partial charge in [0.15, 0.2) is 5.60 Å². The minimum absolute atomic E-state index is 0.0726. The maximum absolute atomic E-state index is 13.2. The summed E-state index contributed by atoms with van der Waals surface area (Å²) in [5.74, 6) is 0. The summed E-state index contributed by atoms with van der Waals surface area (Å²) < 4.78 is 146. The third-order valence-corrected chi connectivity index (χ3v) is 8.54. The minimum Gasteiger partial charge on any atom is -0.376 e. The topological polar surface area (TPSA) is 99.8 Å². The van der Waals surface area contributed by atoms with Crippen LogP contribution in [0.25, 0.3) is 0 Å². The van der Waals surface area contributed by atoms with E-state index in [9.17, 15) is 53.0 Å². The van der Waals surface area contributed by atoms with Crippen molar-refractivity contribution in [2.45, 2.75) is 54.5 Å². The van der Waals surface area contributed by atoms with Crippen molar-refractivity contribution in [1.29, 1.82) is 0 Å². The fourth-order valence-electron chi connectivity index (χ4n) is 4.05. The molecule has 17 heteroatoms. The van der Waals surface area contributed by atoms with Crippen LogP contribution in [0.1, 0.15) is 25.1 Å². The number of alkyl halides is 9. The maximum atomic E-state index is 13.2. The number of pyridine rings is 1. The van der Waals surface area contributed by atoms with E-state index in [1.54, 1.807) is 0 Å². The molecule has 1 aliphatic heterocycles. The summed E-state index contributed by atoms with van der Waals surface area (Å²) in [7, 11) is -4.36. The number of nitrogens with zero attached hydrogens (tertiary/aromatic N) is 3. The summed E-state index contributed by atoms with van der Waals surface area (Å²) >= 11 is 0. The van der Waals surface area contributed by atoms with Gasteiger partial charge in [0, 0.05) is 25.7 Å². The fourth-order valence-corrected chi connectivity index (χ4v) is 5.71. The summed E-state index contributed by atoms with van der Waals surface area (Å²) in [4.78, 5) is 4.26. The summed E-state index contributed by atoms with van der Waals surface area (Å²) in [5, 5.41) is 9.92. The minimum atomic E-state index is -5.89. The van der Waals surface area contributed by atoms with E-state index >= 15 is 0 Å². The summed E-state index contributed by atoms with van der Waals surface area (Å²) in [6.07, 6.45) is -16.1. The Morgan fingerprint density at radius 1 is 0.949 bits per heavy atom. The lowest BCUT2D eigenvalue weighted by Crippen LogP contribution is -2.61. The van der Waals surface area contributed by atoms with Crippen molar-refractivity contribution < 1.29 is 53.0 Å². The predicted octanol–water partition coefficient (Wildman–Crippen LogP) is 4.03. The van der Waals surface area contributed by atoms with Crippen LogP contribution in [-0.4, -0.2) is 67.0 Å². The first kappa shape index (κ1) is 30.9. The number of aliphatic hydroxyl groups is 1. The van der Waals surface area contributed by atoms with Crippen molar-refractivity contribution in [3.05, 3.63) is 53.9 Å². The van der Waals surface area contributed by atoms with Gasteiger partial charge in [0.2, 0.25) is 10.0 Å². The Labute approximate surface area is 217 Å². The van der Waals surface area contributed by atoms with Gasteiger partial charge in [-0.15, -0.1) is 0 Å². The highest BCUT2D eigenvalue weighted by Gasteiger charge is 2.70. The lowest BCUT2D eigenvalue weighted by Gasteiger charge is -2.40. The average molecular weight is 595 g/mol. The first-order valence-corrected chi connectivity index (χ1v) is 12.5. The standard InChI is InChI=1S/C22H23F9N4O3S/c1-13-12-34(15-6-7-17(33-11-15)19(32,21(26,27)28)22(29,30)31)8-9-35(13)39(37,38)16-5-3-4-14(10-16)18(2,36)20(23,24)25/h3-7,10-11,13,36H,8-9,12,32H2,1-2H3/t13-,18?/m1/s1. The molecule has 7 nitrogen and oxygen atoms in total. The van der Waals surface area contributed by atoms with Crippen LogP contribution in [0.3, 0.4) is 0 Å². The van der Waals surface area contributed by atoms with E-state index < -0.39 is 61.9 Å². The predicted molar refractivity (Wildman–Crippen MR) is 120 cm³/mol. The van der Waals surface area contributed by atoms with E-state index in [0.29, 0.717) is 19.1 Å². The highest BCUT2D eigenvalue weighted by molar-refractivity contribution is 7.89. The molecule has 0 amide bonds. The molecule has 1 fully saturated rings. The van der Waals surface area contributed by atoms with Gasteiger partial charge in [-0.3, -0.25) is 4.98 Å². The molecule has 0 aliphatic carbocycles. The molecule has 2 aromatic rings. The van der Waals surface area contributed by atoms with Crippen LogP contribution in [0.4, 0.5) is 45.2 Å². The Kier molecular flexibility index (Phi) is 7.75. The normalized spacial score (nSPS) is 20.1. The molecule has 3 N–H and O–H groups in total. The maximum Gasteiger partial charge on any atom is 0.421 e. The van der Waals surface area contributed by atoms with Gasteiger partial charge in [-0.05, 0) is 43.7 Å². The lowest BCUT2D eigenvalue weighted by atomic mass is 9.94. The molecule has 1 aromatic carbocycles. The van der Waals surface area contributed by atoms with Crippen molar-refractivity contribution in [2.24, 2.45) is 5.73 Å². The lowest BCUT2D eigenvalue weighted by molar-refractivity contribution is -0.303. The molecule has 1 aromatic heterocycles. The van der Waals surface area contributed by atoms with Gasteiger partial charge in [0.05, 0.1) is 22.5 Å². The number of sulfonamides is 1. The van der Waals surface area contributed by atoms with Crippen molar-refractivity contribution >= 4 is 15.7 Å². The quantitative estimate of drug-likeness (QED) is 0.508. The number of rotatable bonds is 5. The molecule has 2 heterocycles. The summed E-state index contributed by atoms with van der Waals surface area (Å²) in [5.41, 5.74) is -5.37. The molecule has 1 aliphatic rings. The van der Waals surface area contributed by atoms with E-state index in [1.807, 2.05) is 0 Å². The second-order valence-corrected chi connectivity index (χ2v) is 11.1. The summed E-state index contributed by atoms with van der Waals surface area (Å²) in [6.45, 7) is 1.57. The Morgan fingerprint density at radius 2 is 1.54 bits per heavy atom. The molecule has 1 saturated heterocycles. The van der Waals surface area contributed by atoms with Crippen molar-refractivity contribution in [2.75, 3.05) is 24.5 Å². The highest BCUT2D eigenvalue weighted by atomic mass is 32.2. The van der Waals surface area contributed by atoms with Crippen LogP contribution >= 0.6 is 0 Å². The molecule has 0 bridgehead atoms. The number of anilines is 1. The number of hydrogen-bond donors (Lipinski definition) is 2. The number of benzene rings is 1. The molecule has 3 rings (SSSR count). The van der Waals surface area contributed by atoms with E-state index in [-0.39, 0.29) is 25.3 Å². The monoisotopic (exact) mass is 594 g/mol. The zero-order valence-corrected chi connectivity index (χ0v) is 21.0. The van der Waals surface area contributed by atoms with Gasteiger partial charge in [0.25, 0.3) is 5.54 Å². The van der Waals surface area contributed by atoms with Crippen LogP contribution in [0, 0.1) is 0 Å². The zero-order valence-electron chi connectivity index (χ0n) is 20.2. The van der Waals surface area contributed by atoms with Gasteiger partial charge < -0.3 is 15.7 Å². The van der Waals surface area contributed by atoms with E-state index in [4.69, 9.17) is 5.73 Å². The van der Waals surface area contributed by atoms with Crippen LogP contribution < -0.4 is 10.6 Å². The van der Waals surface area contributed by atoms with Gasteiger partial charge in [-0.25, -0.2) is 8.42 Å². The molecule has 1 unspecified atom stereocenters.